The Bertz CT molecular complexity index is 1540. The summed E-state index contributed by atoms with van der Waals surface area (Å²) in [6.45, 7) is 5.01. The molecule has 2 fully saturated rings. The number of nitrogen functional groups attached to an aromatic ring is 1. The number of nitrogens with two attached hydrogens (primary N) is 1. The standard InChI is InChI=1S/C29H31N7O3/c1-3-18(16-35-15-17(2)39-29(35)38)27-34-24(25-26(30)32-12-13-36(25)27)20-6-8-21(9-7-20)28(37)33-23-14-22(10-11-31-23)19-4-5-19/h6-14,17-19H,3-5,15-16H2,1-2H3,(H2,30,32)(H,31,33,37). The molecule has 1 saturated carbocycles. The minimum Gasteiger partial charge on any atom is -0.445 e. The van der Waals surface area contributed by atoms with Gasteiger partial charge in [-0.25, -0.2) is 19.7 Å². The molecule has 2 amide bonds. The second-order valence-electron chi connectivity index (χ2n) is 10.3. The number of cyclic esters (lactones) is 1. The number of anilines is 2. The van der Waals surface area contributed by atoms with E-state index in [1.807, 2.05) is 41.8 Å². The van der Waals surface area contributed by atoms with Crippen LogP contribution >= 0.6 is 0 Å². The molecule has 39 heavy (non-hydrogen) atoms. The third-order valence-corrected chi connectivity index (χ3v) is 7.44. The number of nitrogens with zero attached hydrogens (tertiary/aromatic N) is 5. The zero-order valence-electron chi connectivity index (χ0n) is 22.0. The lowest BCUT2D eigenvalue weighted by Gasteiger charge is -2.20. The van der Waals surface area contributed by atoms with Gasteiger partial charge in [-0.1, -0.05) is 19.1 Å². The molecule has 1 aliphatic carbocycles. The van der Waals surface area contributed by atoms with E-state index in [1.165, 1.54) is 18.4 Å². The predicted octanol–water partition coefficient (Wildman–Crippen LogP) is 4.84. The number of benzene rings is 1. The van der Waals surface area contributed by atoms with Gasteiger partial charge in [0.05, 0.1) is 6.54 Å². The highest BCUT2D eigenvalue weighted by Crippen LogP contribution is 2.40. The molecule has 4 aromatic rings. The van der Waals surface area contributed by atoms with E-state index in [4.69, 9.17) is 15.5 Å². The number of hydrogen-bond donors (Lipinski definition) is 2. The summed E-state index contributed by atoms with van der Waals surface area (Å²) >= 11 is 0. The van der Waals surface area contributed by atoms with E-state index in [0.717, 1.165) is 17.8 Å². The zero-order chi connectivity index (χ0) is 27.1. The first-order chi connectivity index (χ1) is 18.9. The van der Waals surface area contributed by atoms with Gasteiger partial charge in [0.15, 0.2) is 0 Å². The summed E-state index contributed by atoms with van der Waals surface area (Å²) in [5.41, 5.74) is 10.2. The molecule has 4 heterocycles. The van der Waals surface area contributed by atoms with Crippen LogP contribution in [0.3, 0.4) is 0 Å². The van der Waals surface area contributed by atoms with Crippen LogP contribution in [0, 0.1) is 0 Å². The quantitative estimate of drug-likeness (QED) is 0.337. The number of carbonyl (C=O) groups is 2. The molecule has 3 aromatic heterocycles. The molecular weight excluding hydrogens is 494 g/mol. The maximum absolute atomic E-state index is 12.9. The van der Waals surface area contributed by atoms with Crippen molar-refractivity contribution in [2.45, 2.75) is 51.0 Å². The summed E-state index contributed by atoms with van der Waals surface area (Å²) in [6, 6.07) is 11.2. The first kappa shape index (κ1) is 24.8. The van der Waals surface area contributed by atoms with Crippen LogP contribution in [0.15, 0.2) is 55.0 Å². The van der Waals surface area contributed by atoms with Crippen LogP contribution in [0.5, 0.6) is 0 Å². The summed E-state index contributed by atoms with van der Waals surface area (Å²) in [7, 11) is 0. The highest BCUT2D eigenvalue weighted by Gasteiger charge is 2.32. The van der Waals surface area contributed by atoms with Crippen LogP contribution in [0.2, 0.25) is 0 Å². The maximum atomic E-state index is 12.9. The van der Waals surface area contributed by atoms with Crippen LogP contribution in [-0.2, 0) is 4.74 Å². The Morgan fingerprint density at radius 3 is 2.67 bits per heavy atom. The number of ether oxygens (including phenoxy) is 1. The van der Waals surface area contributed by atoms with E-state index in [1.54, 1.807) is 29.4 Å². The van der Waals surface area contributed by atoms with Gasteiger partial charge in [-0.05, 0) is 61.9 Å². The monoisotopic (exact) mass is 525 g/mol. The van der Waals surface area contributed by atoms with Crippen molar-refractivity contribution in [3.8, 4) is 11.3 Å². The van der Waals surface area contributed by atoms with Crippen molar-refractivity contribution in [2.75, 3.05) is 24.1 Å². The minimum absolute atomic E-state index is 0.0325. The average Bonchev–Trinajstić information content (AvgIpc) is 3.64. The van der Waals surface area contributed by atoms with Crippen LogP contribution in [-0.4, -0.2) is 55.4 Å². The summed E-state index contributed by atoms with van der Waals surface area (Å²) in [6.07, 6.45) is 7.95. The second-order valence-corrected chi connectivity index (χ2v) is 10.3. The van der Waals surface area contributed by atoms with Gasteiger partial charge in [0, 0.05) is 42.2 Å². The third-order valence-electron chi connectivity index (χ3n) is 7.44. The van der Waals surface area contributed by atoms with Gasteiger partial charge in [0.2, 0.25) is 0 Å². The Morgan fingerprint density at radius 2 is 1.97 bits per heavy atom. The highest BCUT2D eigenvalue weighted by atomic mass is 16.6. The molecule has 1 aliphatic heterocycles. The SMILES string of the molecule is CCC(CN1CC(C)OC1=O)c1nc(-c2ccc(C(=O)Nc3cc(C4CC4)ccn3)cc2)c2c(N)nccn12. The van der Waals surface area contributed by atoms with E-state index in [9.17, 15) is 9.59 Å². The molecule has 2 atom stereocenters. The average molecular weight is 526 g/mol. The van der Waals surface area contributed by atoms with Crippen LogP contribution in [0.25, 0.3) is 16.8 Å². The van der Waals surface area contributed by atoms with Crippen molar-refractivity contribution >= 4 is 29.2 Å². The van der Waals surface area contributed by atoms with Crippen LogP contribution in [0.4, 0.5) is 16.4 Å². The number of fused-ring (bicyclic) bond motifs is 1. The van der Waals surface area contributed by atoms with Gasteiger partial charge in [-0.3, -0.25) is 9.20 Å². The van der Waals surface area contributed by atoms with Gasteiger partial charge < -0.3 is 20.7 Å². The molecule has 1 saturated heterocycles. The predicted molar refractivity (Wildman–Crippen MR) is 148 cm³/mol. The van der Waals surface area contributed by atoms with E-state index in [0.29, 0.717) is 47.4 Å². The van der Waals surface area contributed by atoms with E-state index in [2.05, 4.69) is 22.2 Å². The topological polar surface area (TPSA) is 128 Å². The number of aromatic nitrogens is 4. The molecule has 0 spiro atoms. The lowest BCUT2D eigenvalue weighted by molar-refractivity contribution is 0.102. The molecule has 10 nitrogen and oxygen atoms in total. The van der Waals surface area contributed by atoms with Crippen molar-refractivity contribution in [2.24, 2.45) is 0 Å². The van der Waals surface area contributed by atoms with Crippen LogP contribution < -0.4 is 11.1 Å². The van der Waals surface area contributed by atoms with Crippen molar-refractivity contribution in [1.29, 1.82) is 0 Å². The van der Waals surface area contributed by atoms with Crippen molar-refractivity contribution < 1.29 is 14.3 Å². The Labute approximate surface area is 226 Å². The number of imidazole rings is 1. The fourth-order valence-electron chi connectivity index (χ4n) is 5.21. The second kappa shape index (κ2) is 10.0. The molecule has 6 rings (SSSR count). The summed E-state index contributed by atoms with van der Waals surface area (Å²) in [4.78, 5) is 40.5. The van der Waals surface area contributed by atoms with E-state index >= 15 is 0 Å². The van der Waals surface area contributed by atoms with Crippen LogP contribution in [0.1, 0.15) is 66.7 Å². The zero-order valence-corrected chi connectivity index (χ0v) is 22.0. The fourth-order valence-corrected chi connectivity index (χ4v) is 5.21. The molecule has 2 aliphatic rings. The van der Waals surface area contributed by atoms with Crippen molar-refractivity contribution in [3.63, 3.8) is 0 Å². The lowest BCUT2D eigenvalue weighted by atomic mass is 10.1. The Balaban J connectivity index is 1.27. The first-order valence-electron chi connectivity index (χ1n) is 13.4. The van der Waals surface area contributed by atoms with Crippen molar-refractivity contribution in [3.05, 3.63) is 71.9 Å². The lowest BCUT2D eigenvalue weighted by Crippen LogP contribution is -2.30. The van der Waals surface area contributed by atoms with Crippen molar-refractivity contribution in [1.82, 2.24) is 24.3 Å². The van der Waals surface area contributed by atoms with Gasteiger partial charge in [0.1, 0.15) is 34.8 Å². The highest BCUT2D eigenvalue weighted by molar-refractivity contribution is 6.04. The maximum Gasteiger partial charge on any atom is 0.410 e. The number of nitrogens with one attached hydrogen (secondary N) is 1. The number of amides is 2. The molecule has 0 bridgehead atoms. The number of pyridine rings is 1. The van der Waals surface area contributed by atoms with Gasteiger partial charge in [-0.2, -0.15) is 0 Å². The number of carbonyl (C=O) groups excluding carboxylic acids is 2. The van der Waals surface area contributed by atoms with E-state index < -0.39 is 0 Å². The largest absolute Gasteiger partial charge is 0.445 e. The van der Waals surface area contributed by atoms with Gasteiger partial charge in [0.25, 0.3) is 5.91 Å². The minimum atomic E-state index is -0.299. The first-order valence-corrected chi connectivity index (χ1v) is 13.4. The van der Waals surface area contributed by atoms with Gasteiger partial charge >= 0.3 is 6.09 Å². The van der Waals surface area contributed by atoms with Gasteiger partial charge in [-0.15, -0.1) is 0 Å². The molecule has 200 valence electrons. The third kappa shape index (κ3) is 4.89. The molecule has 10 heteroatoms. The normalized spacial score (nSPS) is 17.8. The molecule has 1 aromatic carbocycles. The molecule has 3 N–H and O–H groups in total. The number of hydrogen-bond acceptors (Lipinski definition) is 7. The summed E-state index contributed by atoms with van der Waals surface area (Å²) in [5.74, 6) is 2.04. The molecular formula is C29H31N7O3. The summed E-state index contributed by atoms with van der Waals surface area (Å²) in [5, 5.41) is 2.90. The Kier molecular flexibility index (Phi) is 6.38. The summed E-state index contributed by atoms with van der Waals surface area (Å²) < 4.78 is 7.27. The fraction of sp³-hybridized carbons (Fsp3) is 0.345. The Morgan fingerprint density at radius 1 is 1.18 bits per heavy atom. The molecule has 2 unspecified atom stereocenters. The smallest absolute Gasteiger partial charge is 0.410 e. The molecule has 0 radical (unpaired) electrons. The Hall–Kier alpha value is -4.47. The number of rotatable bonds is 8. The van der Waals surface area contributed by atoms with E-state index in [-0.39, 0.29) is 24.0 Å².